The van der Waals surface area contributed by atoms with Gasteiger partial charge >= 0.3 is 0 Å². The molecule has 1 amide bonds. The van der Waals surface area contributed by atoms with E-state index in [1.807, 2.05) is 17.8 Å². The summed E-state index contributed by atoms with van der Waals surface area (Å²) in [5.74, 6) is 1.10. The fourth-order valence-electron chi connectivity index (χ4n) is 2.36. The van der Waals surface area contributed by atoms with Gasteiger partial charge in [-0.15, -0.1) is 5.10 Å². The second kappa shape index (κ2) is 5.65. The first-order valence-corrected chi connectivity index (χ1v) is 7.07. The number of nitrogens with zero attached hydrogens (tertiary/aromatic N) is 5. The number of hydrogen-bond acceptors (Lipinski definition) is 5. The molecule has 2 aromatic heterocycles. The van der Waals surface area contributed by atoms with Gasteiger partial charge in [0.15, 0.2) is 5.69 Å². The first kappa shape index (κ1) is 13.7. The predicted octanol–water partition coefficient (Wildman–Crippen LogP) is -0.149. The molecule has 2 aromatic rings. The fourth-order valence-corrected chi connectivity index (χ4v) is 2.36. The summed E-state index contributed by atoms with van der Waals surface area (Å²) in [7, 11) is 1.93. The van der Waals surface area contributed by atoms with Gasteiger partial charge in [0.1, 0.15) is 5.82 Å². The maximum atomic E-state index is 12.3. The third kappa shape index (κ3) is 2.94. The molecule has 2 heterocycles. The zero-order valence-corrected chi connectivity index (χ0v) is 11.9. The van der Waals surface area contributed by atoms with Crippen LogP contribution in [0.5, 0.6) is 0 Å². The van der Waals surface area contributed by atoms with Gasteiger partial charge in [0.2, 0.25) is 0 Å². The number of aryl methyl sites for hydroxylation is 1. The zero-order chi connectivity index (χ0) is 14.8. The van der Waals surface area contributed by atoms with Gasteiger partial charge in [-0.2, -0.15) is 0 Å². The number of aromatic nitrogens is 5. The molecule has 3 N–H and O–H groups in total. The summed E-state index contributed by atoms with van der Waals surface area (Å²) in [5.41, 5.74) is 5.76. The van der Waals surface area contributed by atoms with Gasteiger partial charge in [-0.1, -0.05) is 5.21 Å². The monoisotopic (exact) mass is 289 g/mol. The highest BCUT2D eigenvalue weighted by atomic mass is 16.2. The summed E-state index contributed by atoms with van der Waals surface area (Å²) in [6.45, 7) is 1.01. The number of hydrogen-bond donors (Lipinski definition) is 2. The normalized spacial score (nSPS) is 15.9. The lowest BCUT2D eigenvalue weighted by molar-refractivity contribution is 0.0924. The van der Waals surface area contributed by atoms with E-state index in [0.29, 0.717) is 24.7 Å². The van der Waals surface area contributed by atoms with Crippen molar-refractivity contribution in [2.75, 3.05) is 6.54 Å². The second-order valence-electron chi connectivity index (χ2n) is 5.34. The molecule has 112 valence electrons. The van der Waals surface area contributed by atoms with Crippen LogP contribution in [0.25, 0.3) is 0 Å². The lowest BCUT2D eigenvalue weighted by Gasteiger charge is -2.17. The Morgan fingerprint density at radius 1 is 1.57 bits per heavy atom. The van der Waals surface area contributed by atoms with Crippen LogP contribution >= 0.6 is 0 Å². The van der Waals surface area contributed by atoms with Gasteiger partial charge in [-0.25, -0.2) is 4.98 Å². The van der Waals surface area contributed by atoms with Crippen LogP contribution in [0.3, 0.4) is 0 Å². The Bertz CT molecular complexity index is 628. The Hall–Kier alpha value is -2.22. The third-order valence-electron chi connectivity index (χ3n) is 3.65. The number of nitrogens with two attached hydrogens (primary N) is 1. The highest BCUT2D eigenvalue weighted by molar-refractivity contribution is 5.92. The quantitative estimate of drug-likeness (QED) is 0.769. The van der Waals surface area contributed by atoms with Gasteiger partial charge in [-0.05, 0) is 18.8 Å². The lowest BCUT2D eigenvalue weighted by Crippen LogP contribution is -2.31. The number of carbonyl (C=O) groups is 1. The summed E-state index contributed by atoms with van der Waals surface area (Å²) in [5, 5.41) is 10.8. The summed E-state index contributed by atoms with van der Waals surface area (Å²) in [4.78, 5) is 16.7. The van der Waals surface area contributed by atoms with Crippen LogP contribution in [0.15, 0.2) is 18.6 Å². The van der Waals surface area contributed by atoms with Crippen molar-refractivity contribution >= 4 is 5.91 Å². The molecule has 0 bridgehead atoms. The topological polar surface area (TPSA) is 104 Å². The van der Waals surface area contributed by atoms with Crippen molar-refractivity contribution in [2.45, 2.75) is 25.4 Å². The maximum absolute atomic E-state index is 12.3. The first-order valence-electron chi connectivity index (χ1n) is 7.07. The largest absolute Gasteiger partial charge is 0.340 e. The standard InChI is InChI=1S/C13H19N7O/c1-19-7-5-15-12(19)11(9-2-3-9)16-13(21)10-8-20(6-4-14)18-17-10/h5,7-9,11H,2-4,6,14H2,1H3,(H,16,21)/t11-/m1/s1. The van der Waals surface area contributed by atoms with Crippen LogP contribution in [0, 0.1) is 5.92 Å². The van der Waals surface area contributed by atoms with Crippen molar-refractivity contribution in [2.24, 2.45) is 18.7 Å². The number of carbonyl (C=O) groups excluding carboxylic acids is 1. The van der Waals surface area contributed by atoms with Gasteiger partial charge in [0, 0.05) is 26.0 Å². The van der Waals surface area contributed by atoms with E-state index in [0.717, 1.165) is 18.7 Å². The molecule has 0 unspecified atom stereocenters. The van der Waals surface area contributed by atoms with E-state index in [4.69, 9.17) is 5.73 Å². The highest BCUT2D eigenvalue weighted by Gasteiger charge is 2.36. The molecular weight excluding hydrogens is 270 g/mol. The number of nitrogens with one attached hydrogen (secondary N) is 1. The molecule has 1 aliphatic carbocycles. The Balaban J connectivity index is 1.73. The molecule has 3 rings (SSSR count). The van der Waals surface area contributed by atoms with E-state index in [-0.39, 0.29) is 11.9 Å². The minimum atomic E-state index is -0.224. The molecule has 0 radical (unpaired) electrons. The van der Waals surface area contributed by atoms with Crippen molar-refractivity contribution in [1.82, 2.24) is 29.9 Å². The van der Waals surface area contributed by atoms with Gasteiger partial charge in [-0.3, -0.25) is 9.48 Å². The fraction of sp³-hybridized carbons (Fsp3) is 0.538. The summed E-state index contributed by atoms with van der Waals surface area (Å²) < 4.78 is 3.51. The van der Waals surface area contributed by atoms with Crippen molar-refractivity contribution in [3.8, 4) is 0 Å². The third-order valence-corrected chi connectivity index (χ3v) is 3.65. The number of amides is 1. The van der Waals surface area contributed by atoms with E-state index in [1.165, 1.54) is 0 Å². The Morgan fingerprint density at radius 2 is 2.38 bits per heavy atom. The van der Waals surface area contributed by atoms with Crippen LogP contribution in [-0.2, 0) is 13.6 Å². The first-order chi connectivity index (χ1) is 10.2. The average Bonchev–Trinajstić information content (AvgIpc) is 3.05. The molecule has 1 fully saturated rings. The molecule has 8 nitrogen and oxygen atoms in total. The molecule has 1 atom stereocenters. The predicted molar refractivity (Wildman–Crippen MR) is 75.2 cm³/mol. The SMILES string of the molecule is Cn1ccnc1[C@H](NC(=O)c1cn(CCN)nn1)C1CC1. The van der Waals surface area contributed by atoms with Gasteiger partial charge < -0.3 is 15.6 Å². The lowest BCUT2D eigenvalue weighted by atomic mass is 10.1. The van der Waals surface area contributed by atoms with Gasteiger partial charge in [0.05, 0.1) is 18.8 Å². The number of imidazole rings is 1. The van der Waals surface area contributed by atoms with Crippen molar-refractivity contribution in [3.05, 3.63) is 30.1 Å². The van der Waals surface area contributed by atoms with E-state index in [1.54, 1.807) is 17.1 Å². The van der Waals surface area contributed by atoms with Crippen LogP contribution in [-0.4, -0.2) is 37.0 Å². The van der Waals surface area contributed by atoms with E-state index in [2.05, 4.69) is 20.6 Å². The molecule has 1 aliphatic rings. The van der Waals surface area contributed by atoms with E-state index in [9.17, 15) is 4.79 Å². The molecule has 0 saturated heterocycles. The van der Waals surface area contributed by atoms with Crippen molar-refractivity contribution < 1.29 is 4.79 Å². The van der Waals surface area contributed by atoms with Crippen LogP contribution < -0.4 is 11.1 Å². The minimum absolute atomic E-state index is 0.0721. The zero-order valence-electron chi connectivity index (χ0n) is 11.9. The van der Waals surface area contributed by atoms with E-state index >= 15 is 0 Å². The summed E-state index contributed by atoms with van der Waals surface area (Å²) in [6, 6.07) is -0.0721. The molecule has 8 heteroatoms. The average molecular weight is 289 g/mol. The Kier molecular flexibility index (Phi) is 3.70. The van der Waals surface area contributed by atoms with Crippen molar-refractivity contribution in [3.63, 3.8) is 0 Å². The van der Waals surface area contributed by atoms with Crippen molar-refractivity contribution in [1.29, 1.82) is 0 Å². The molecule has 0 aromatic carbocycles. The molecule has 0 spiro atoms. The molecule has 21 heavy (non-hydrogen) atoms. The van der Waals surface area contributed by atoms with Crippen LogP contribution in [0.4, 0.5) is 0 Å². The number of rotatable bonds is 6. The van der Waals surface area contributed by atoms with Crippen LogP contribution in [0.2, 0.25) is 0 Å². The summed E-state index contributed by atoms with van der Waals surface area (Å²) >= 11 is 0. The minimum Gasteiger partial charge on any atom is -0.340 e. The summed E-state index contributed by atoms with van der Waals surface area (Å²) in [6.07, 6.45) is 7.46. The maximum Gasteiger partial charge on any atom is 0.274 e. The second-order valence-corrected chi connectivity index (χ2v) is 5.34. The molecule has 0 aliphatic heterocycles. The Morgan fingerprint density at radius 3 is 3.00 bits per heavy atom. The molecular formula is C13H19N7O. The smallest absolute Gasteiger partial charge is 0.274 e. The van der Waals surface area contributed by atoms with E-state index < -0.39 is 0 Å². The highest BCUT2D eigenvalue weighted by Crippen LogP contribution is 2.40. The van der Waals surface area contributed by atoms with Gasteiger partial charge in [0.25, 0.3) is 5.91 Å². The Labute approximate surface area is 122 Å². The van der Waals surface area contributed by atoms with Crippen LogP contribution in [0.1, 0.15) is 35.2 Å². The molecule has 1 saturated carbocycles.